The lowest BCUT2D eigenvalue weighted by molar-refractivity contribution is 0.425. The van der Waals surface area contributed by atoms with Crippen molar-refractivity contribution in [2.75, 3.05) is 18.0 Å². The molecule has 1 aliphatic rings. The fraction of sp³-hybridized carbons (Fsp3) is 0.375. The highest BCUT2D eigenvalue weighted by Crippen LogP contribution is 2.22. The zero-order chi connectivity index (χ0) is 13.9. The Balaban J connectivity index is 1.95. The fourth-order valence-corrected chi connectivity index (χ4v) is 2.77. The van der Waals surface area contributed by atoms with Gasteiger partial charge in [-0.25, -0.2) is 9.97 Å². The Hall–Kier alpha value is -1.94. The molecule has 0 bridgehead atoms. The van der Waals surface area contributed by atoms with Crippen molar-refractivity contribution in [2.24, 2.45) is 0 Å². The first-order chi connectivity index (χ1) is 9.75. The van der Waals surface area contributed by atoms with Gasteiger partial charge in [0.2, 0.25) is 5.95 Å². The maximum absolute atomic E-state index is 4.75. The van der Waals surface area contributed by atoms with Crippen molar-refractivity contribution >= 4 is 5.95 Å². The number of aromatic nitrogens is 2. The summed E-state index contributed by atoms with van der Waals surface area (Å²) in [4.78, 5) is 11.5. The number of anilines is 1. The van der Waals surface area contributed by atoms with Gasteiger partial charge in [-0.1, -0.05) is 30.3 Å². The van der Waals surface area contributed by atoms with Gasteiger partial charge in [-0.05, 0) is 19.9 Å². The number of nitrogens with one attached hydrogen (secondary N) is 1. The first kappa shape index (κ1) is 13.1. The van der Waals surface area contributed by atoms with Gasteiger partial charge in [0.1, 0.15) is 0 Å². The Labute approximate surface area is 119 Å². The van der Waals surface area contributed by atoms with Gasteiger partial charge in [0.15, 0.2) is 0 Å². The second-order valence-corrected chi connectivity index (χ2v) is 5.37. The summed E-state index contributed by atoms with van der Waals surface area (Å²) in [7, 11) is 0. The summed E-state index contributed by atoms with van der Waals surface area (Å²) >= 11 is 0. The average Bonchev–Trinajstić information content (AvgIpc) is 2.48. The lowest BCUT2D eigenvalue weighted by Gasteiger charge is -2.39. The Kier molecular flexibility index (Phi) is 3.65. The molecule has 4 heteroatoms. The number of hydrogen-bond acceptors (Lipinski definition) is 4. The van der Waals surface area contributed by atoms with Crippen molar-refractivity contribution in [3.63, 3.8) is 0 Å². The lowest BCUT2D eigenvalue weighted by Crippen LogP contribution is -2.55. The third-order valence-corrected chi connectivity index (χ3v) is 3.77. The minimum atomic E-state index is 0.407. The number of benzene rings is 1. The van der Waals surface area contributed by atoms with Crippen LogP contribution in [0.3, 0.4) is 0 Å². The molecule has 1 N–H and O–H groups in total. The van der Waals surface area contributed by atoms with E-state index in [1.54, 1.807) is 0 Å². The third kappa shape index (κ3) is 2.51. The molecular formula is C16H20N4. The molecule has 1 aromatic carbocycles. The minimum absolute atomic E-state index is 0.407. The van der Waals surface area contributed by atoms with Crippen LogP contribution in [0.5, 0.6) is 0 Å². The summed E-state index contributed by atoms with van der Waals surface area (Å²) in [5, 5.41) is 3.43. The van der Waals surface area contributed by atoms with Crippen molar-refractivity contribution in [3.8, 4) is 11.3 Å². The minimum Gasteiger partial charge on any atom is -0.333 e. The Bertz CT molecular complexity index is 560. The number of piperazine rings is 1. The zero-order valence-electron chi connectivity index (χ0n) is 12.0. The van der Waals surface area contributed by atoms with Crippen LogP contribution in [0, 0.1) is 0 Å². The van der Waals surface area contributed by atoms with E-state index in [1.165, 1.54) is 0 Å². The van der Waals surface area contributed by atoms with Crippen molar-refractivity contribution in [3.05, 3.63) is 42.6 Å². The first-order valence-corrected chi connectivity index (χ1v) is 7.13. The molecule has 2 atom stereocenters. The summed E-state index contributed by atoms with van der Waals surface area (Å²) in [5.41, 5.74) is 2.11. The zero-order valence-corrected chi connectivity index (χ0v) is 12.0. The van der Waals surface area contributed by atoms with Crippen LogP contribution in [-0.2, 0) is 0 Å². The van der Waals surface area contributed by atoms with Crippen LogP contribution in [0.4, 0.5) is 5.95 Å². The van der Waals surface area contributed by atoms with Gasteiger partial charge in [-0.3, -0.25) is 0 Å². The predicted molar refractivity (Wildman–Crippen MR) is 81.7 cm³/mol. The van der Waals surface area contributed by atoms with E-state index in [0.717, 1.165) is 30.3 Å². The average molecular weight is 268 g/mol. The maximum atomic E-state index is 4.75. The van der Waals surface area contributed by atoms with Gasteiger partial charge in [0, 0.05) is 36.9 Å². The second kappa shape index (κ2) is 5.59. The van der Waals surface area contributed by atoms with Gasteiger partial charge in [-0.15, -0.1) is 0 Å². The van der Waals surface area contributed by atoms with E-state index in [-0.39, 0.29) is 0 Å². The quantitative estimate of drug-likeness (QED) is 0.907. The van der Waals surface area contributed by atoms with E-state index in [0.29, 0.717) is 12.1 Å². The Morgan fingerprint density at radius 2 is 1.75 bits per heavy atom. The Morgan fingerprint density at radius 3 is 2.45 bits per heavy atom. The third-order valence-electron chi connectivity index (χ3n) is 3.77. The summed E-state index contributed by atoms with van der Waals surface area (Å²) < 4.78 is 0. The standard InChI is InChI=1S/C16H20N4/c1-12-10-17-11-13(2)20(12)16-18-9-8-15(19-16)14-6-4-3-5-7-14/h3-9,12-13,17H,10-11H2,1-2H3. The lowest BCUT2D eigenvalue weighted by atomic mass is 10.1. The molecular weight excluding hydrogens is 248 g/mol. The van der Waals surface area contributed by atoms with E-state index >= 15 is 0 Å². The molecule has 4 nitrogen and oxygen atoms in total. The van der Waals surface area contributed by atoms with Crippen LogP contribution >= 0.6 is 0 Å². The van der Waals surface area contributed by atoms with E-state index in [2.05, 4.69) is 41.2 Å². The topological polar surface area (TPSA) is 41.0 Å². The smallest absolute Gasteiger partial charge is 0.226 e. The van der Waals surface area contributed by atoms with Crippen LogP contribution in [0.1, 0.15) is 13.8 Å². The van der Waals surface area contributed by atoms with E-state index in [1.807, 2.05) is 30.5 Å². The molecule has 1 saturated heterocycles. The SMILES string of the molecule is CC1CNCC(C)N1c1nccc(-c2ccccc2)n1. The van der Waals surface area contributed by atoms with Gasteiger partial charge in [0.05, 0.1) is 5.69 Å². The van der Waals surface area contributed by atoms with Crippen LogP contribution in [0.25, 0.3) is 11.3 Å². The van der Waals surface area contributed by atoms with Crippen LogP contribution in [0.15, 0.2) is 42.6 Å². The second-order valence-electron chi connectivity index (χ2n) is 5.37. The molecule has 0 spiro atoms. The molecule has 1 aromatic heterocycles. The number of hydrogen-bond donors (Lipinski definition) is 1. The van der Waals surface area contributed by atoms with Crippen molar-refractivity contribution in [1.29, 1.82) is 0 Å². The van der Waals surface area contributed by atoms with E-state index in [4.69, 9.17) is 4.98 Å². The highest BCUT2D eigenvalue weighted by molar-refractivity contribution is 5.60. The molecule has 2 aromatic rings. The number of nitrogens with zero attached hydrogens (tertiary/aromatic N) is 3. The van der Waals surface area contributed by atoms with Gasteiger partial charge >= 0.3 is 0 Å². The van der Waals surface area contributed by atoms with Crippen molar-refractivity contribution in [2.45, 2.75) is 25.9 Å². The molecule has 1 fully saturated rings. The molecule has 0 aliphatic carbocycles. The summed E-state index contributed by atoms with van der Waals surface area (Å²) in [5.74, 6) is 0.827. The molecule has 20 heavy (non-hydrogen) atoms. The molecule has 2 heterocycles. The Morgan fingerprint density at radius 1 is 1.05 bits per heavy atom. The monoisotopic (exact) mass is 268 g/mol. The molecule has 0 saturated carbocycles. The fourth-order valence-electron chi connectivity index (χ4n) is 2.77. The molecule has 3 rings (SSSR count). The van der Waals surface area contributed by atoms with E-state index < -0.39 is 0 Å². The molecule has 0 radical (unpaired) electrons. The predicted octanol–water partition coefficient (Wildman–Crippen LogP) is 2.33. The summed E-state index contributed by atoms with van der Waals surface area (Å²) in [6, 6.07) is 13.0. The van der Waals surface area contributed by atoms with E-state index in [9.17, 15) is 0 Å². The first-order valence-electron chi connectivity index (χ1n) is 7.13. The van der Waals surface area contributed by atoms with Crippen LogP contribution < -0.4 is 10.2 Å². The summed E-state index contributed by atoms with van der Waals surface area (Å²) in [6.07, 6.45) is 1.85. The maximum Gasteiger partial charge on any atom is 0.226 e. The van der Waals surface area contributed by atoms with Crippen LogP contribution in [-0.4, -0.2) is 35.1 Å². The summed E-state index contributed by atoms with van der Waals surface area (Å²) in [6.45, 7) is 6.37. The molecule has 104 valence electrons. The van der Waals surface area contributed by atoms with Crippen LogP contribution in [0.2, 0.25) is 0 Å². The van der Waals surface area contributed by atoms with Crippen molar-refractivity contribution < 1.29 is 0 Å². The van der Waals surface area contributed by atoms with Gasteiger partial charge in [-0.2, -0.15) is 0 Å². The number of rotatable bonds is 2. The highest BCUT2D eigenvalue weighted by atomic mass is 15.3. The molecule has 0 amide bonds. The van der Waals surface area contributed by atoms with Gasteiger partial charge < -0.3 is 10.2 Å². The van der Waals surface area contributed by atoms with Gasteiger partial charge in [0.25, 0.3) is 0 Å². The highest BCUT2D eigenvalue weighted by Gasteiger charge is 2.26. The molecule has 2 unspecified atom stereocenters. The van der Waals surface area contributed by atoms with Crippen molar-refractivity contribution in [1.82, 2.24) is 15.3 Å². The molecule has 1 aliphatic heterocycles. The largest absolute Gasteiger partial charge is 0.333 e. The normalized spacial score (nSPS) is 22.8.